The van der Waals surface area contributed by atoms with Gasteiger partial charge in [-0.15, -0.1) is 0 Å². The maximum atomic E-state index is 13.0. The standard InChI is InChI=1S/C10H8ClFO4/c1-2-16-10(15)9(14)6-3-5(11)4-7(12)8(6)13/h3-4,13H,2H2,1H3. The van der Waals surface area contributed by atoms with Crippen LogP contribution in [0.4, 0.5) is 4.39 Å². The summed E-state index contributed by atoms with van der Waals surface area (Å²) in [7, 11) is 0. The Morgan fingerprint density at radius 1 is 1.50 bits per heavy atom. The first-order valence-electron chi connectivity index (χ1n) is 4.36. The number of aromatic hydroxyl groups is 1. The molecule has 0 amide bonds. The molecule has 0 radical (unpaired) electrons. The first-order valence-corrected chi connectivity index (χ1v) is 4.74. The molecule has 0 aliphatic heterocycles. The van der Waals surface area contributed by atoms with Gasteiger partial charge >= 0.3 is 5.97 Å². The molecule has 4 nitrogen and oxygen atoms in total. The van der Waals surface area contributed by atoms with Crippen molar-refractivity contribution in [3.05, 3.63) is 28.5 Å². The van der Waals surface area contributed by atoms with Gasteiger partial charge in [0, 0.05) is 5.02 Å². The predicted molar refractivity (Wildman–Crippen MR) is 54.0 cm³/mol. The monoisotopic (exact) mass is 246 g/mol. The largest absolute Gasteiger partial charge is 0.504 e. The van der Waals surface area contributed by atoms with Gasteiger partial charge in [0.15, 0.2) is 11.6 Å². The second kappa shape index (κ2) is 4.94. The molecule has 1 rings (SSSR count). The molecule has 0 aliphatic carbocycles. The van der Waals surface area contributed by atoms with Crippen molar-refractivity contribution >= 4 is 23.4 Å². The van der Waals surface area contributed by atoms with Crippen molar-refractivity contribution in [2.75, 3.05) is 6.61 Å². The van der Waals surface area contributed by atoms with E-state index in [0.717, 1.165) is 12.1 Å². The fraction of sp³-hybridized carbons (Fsp3) is 0.200. The smallest absolute Gasteiger partial charge is 0.379 e. The molecule has 0 spiro atoms. The number of hydrogen-bond donors (Lipinski definition) is 1. The molecule has 1 aromatic carbocycles. The third-order valence-electron chi connectivity index (χ3n) is 1.73. The minimum atomic E-state index is -1.17. The third-order valence-corrected chi connectivity index (χ3v) is 1.95. The normalized spacial score (nSPS) is 9.94. The Hall–Kier alpha value is -1.62. The number of benzene rings is 1. The molecule has 0 bridgehead atoms. The minimum Gasteiger partial charge on any atom is -0.504 e. The van der Waals surface area contributed by atoms with Crippen LogP contribution < -0.4 is 0 Å². The van der Waals surface area contributed by atoms with Gasteiger partial charge in [-0.05, 0) is 19.1 Å². The van der Waals surface area contributed by atoms with Crippen molar-refractivity contribution in [2.45, 2.75) is 6.92 Å². The van der Waals surface area contributed by atoms with Crippen LogP contribution in [0.25, 0.3) is 0 Å². The first-order chi connectivity index (χ1) is 7.47. The highest BCUT2D eigenvalue weighted by Gasteiger charge is 2.23. The maximum absolute atomic E-state index is 13.0. The van der Waals surface area contributed by atoms with Crippen LogP contribution in [0.5, 0.6) is 5.75 Å². The lowest BCUT2D eigenvalue weighted by Crippen LogP contribution is -2.17. The van der Waals surface area contributed by atoms with Gasteiger partial charge in [0.25, 0.3) is 5.78 Å². The van der Waals surface area contributed by atoms with E-state index < -0.39 is 28.9 Å². The quantitative estimate of drug-likeness (QED) is 0.503. The second-order valence-electron chi connectivity index (χ2n) is 2.83. The molecule has 6 heteroatoms. The highest BCUT2D eigenvalue weighted by atomic mass is 35.5. The van der Waals surface area contributed by atoms with E-state index in [-0.39, 0.29) is 11.6 Å². The van der Waals surface area contributed by atoms with Crippen molar-refractivity contribution in [1.29, 1.82) is 0 Å². The zero-order chi connectivity index (χ0) is 12.3. The Kier molecular flexibility index (Phi) is 3.84. The van der Waals surface area contributed by atoms with Crippen molar-refractivity contribution in [3.8, 4) is 5.75 Å². The molecule has 1 N–H and O–H groups in total. The number of carbonyl (C=O) groups excluding carboxylic acids is 2. The van der Waals surface area contributed by atoms with Crippen LogP contribution in [-0.4, -0.2) is 23.5 Å². The van der Waals surface area contributed by atoms with Crippen LogP contribution in [0.2, 0.25) is 5.02 Å². The number of esters is 1. The molecule has 0 fully saturated rings. The summed E-state index contributed by atoms with van der Waals surface area (Å²) in [6.45, 7) is 1.53. The average Bonchev–Trinajstić information content (AvgIpc) is 2.22. The van der Waals surface area contributed by atoms with Gasteiger partial charge in [-0.2, -0.15) is 0 Å². The van der Waals surface area contributed by atoms with Crippen molar-refractivity contribution in [3.63, 3.8) is 0 Å². The van der Waals surface area contributed by atoms with Gasteiger partial charge < -0.3 is 9.84 Å². The number of carbonyl (C=O) groups is 2. The zero-order valence-electron chi connectivity index (χ0n) is 8.29. The van der Waals surface area contributed by atoms with Gasteiger partial charge in [-0.3, -0.25) is 4.79 Å². The molecule has 1 aromatic rings. The van der Waals surface area contributed by atoms with Gasteiger partial charge in [0.05, 0.1) is 12.2 Å². The van der Waals surface area contributed by atoms with Crippen molar-refractivity contribution in [1.82, 2.24) is 0 Å². The number of hydrogen-bond acceptors (Lipinski definition) is 4. The lowest BCUT2D eigenvalue weighted by molar-refractivity contribution is -0.137. The summed E-state index contributed by atoms with van der Waals surface area (Å²) in [4.78, 5) is 22.5. The van der Waals surface area contributed by atoms with Gasteiger partial charge in [-0.1, -0.05) is 11.6 Å². The molecule has 0 unspecified atom stereocenters. The summed E-state index contributed by atoms with van der Waals surface area (Å²) < 4.78 is 17.4. The molecule has 0 saturated heterocycles. The molecule has 16 heavy (non-hydrogen) atoms. The number of ether oxygens (including phenoxy) is 1. The number of phenolic OH excluding ortho intramolecular Hbond substituents is 1. The lowest BCUT2D eigenvalue weighted by atomic mass is 10.1. The van der Waals surface area contributed by atoms with E-state index in [2.05, 4.69) is 4.74 Å². The highest BCUT2D eigenvalue weighted by molar-refractivity contribution is 6.42. The number of halogens is 2. The summed E-state index contributed by atoms with van der Waals surface area (Å²) in [5, 5.41) is 9.15. The Morgan fingerprint density at radius 3 is 2.69 bits per heavy atom. The summed E-state index contributed by atoms with van der Waals surface area (Å²) in [6, 6.07) is 1.83. The number of rotatable bonds is 3. The van der Waals surface area contributed by atoms with Gasteiger partial charge in [0.1, 0.15) is 0 Å². The fourth-order valence-electron chi connectivity index (χ4n) is 1.05. The molecule has 0 aromatic heterocycles. The minimum absolute atomic E-state index is 0.00832. The Labute approximate surface area is 95.6 Å². The fourth-order valence-corrected chi connectivity index (χ4v) is 1.25. The second-order valence-corrected chi connectivity index (χ2v) is 3.27. The van der Waals surface area contributed by atoms with Gasteiger partial charge in [0.2, 0.25) is 0 Å². The van der Waals surface area contributed by atoms with Crippen molar-refractivity contribution < 1.29 is 23.8 Å². The SMILES string of the molecule is CCOC(=O)C(=O)c1cc(Cl)cc(F)c1O. The zero-order valence-corrected chi connectivity index (χ0v) is 9.05. The van der Waals surface area contributed by atoms with E-state index in [1.165, 1.54) is 6.92 Å². The predicted octanol–water partition coefficient (Wildman–Crippen LogP) is 1.93. The first kappa shape index (κ1) is 12.4. The van der Waals surface area contributed by atoms with E-state index >= 15 is 0 Å². The lowest BCUT2D eigenvalue weighted by Gasteiger charge is -2.04. The van der Waals surface area contributed by atoms with Crippen LogP contribution in [-0.2, 0) is 9.53 Å². The number of phenols is 1. The van der Waals surface area contributed by atoms with Gasteiger partial charge in [-0.25, -0.2) is 9.18 Å². The van der Waals surface area contributed by atoms with Crippen molar-refractivity contribution in [2.24, 2.45) is 0 Å². The van der Waals surface area contributed by atoms with Crippen LogP contribution in [0.1, 0.15) is 17.3 Å². The summed E-state index contributed by atoms with van der Waals surface area (Å²) in [5.41, 5.74) is -0.511. The molecular formula is C10H8ClFO4. The summed E-state index contributed by atoms with van der Waals surface area (Å²) in [5.74, 6) is -4.29. The van der Waals surface area contributed by atoms with Crippen LogP contribution in [0, 0.1) is 5.82 Å². The number of ketones is 1. The molecule has 0 aliphatic rings. The Balaban J connectivity index is 3.13. The van der Waals surface area contributed by atoms with Crippen LogP contribution in [0.15, 0.2) is 12.1 Å². The Bertz CT molecular complexity index is 445. The van der Waals surface area contributed by atoms with E-state index in [0.29, 0.717) is 0 Å². The van der Waals surface area contributed by atoms with Crippen LogP contribution >= 0.6 is 11.6 Å². The maximum Gasteiger partial charge on any atom is 0.379 e. The molecule has 0 heterocycles. The molecule has 86 valence electrons. The van der Waals surface area contributed by atoms with E-state index in [4.69, 9.17) is 11.6 Å². The van der Waals surface area contributed by atoms with E-state index in [1.807, 2.05) is 0 Å². The molecular weight excluding hydrogens is 239 g/mol. The molecule has 0 saturated carbocycles. The van der Waals surface area contributed by atoms with E-state index in [1.54, 1.807) is 0 Å². The number of Topliss-reactive ketones (excluding diaryl/α,β-unsaturated/α-hetero) is 1. The average molecular weight is 247 g/mol. The topological polar surface area (TPSA) is 63.6 Å². The molecule has 0 atom stereocenters. The Morgan fingerprint density at radius 2 is 2.12 bits per heavy atom. The summed E-state index contributed by atoms with van der Waals surface area (Å²) >= 11 is 5.49. The third kappa shape index (κ3) is 2.49. The van der Waals surface area contributed by atoms with E-state index in [9.17, 15) is 19.1 Å². The van der Waals surface area contributed by atoms with Crippen LogP contribution in [0.3, 0.4) is 0 Å². The summed E-state index contributed by atoms with van der Waals surface area (Å²) in [6.07, 6.45) is 0. The highest BCUT2D eigenvalue weighted by Crippen LogP contribution is 2.26.